The van der Waals surface area contributed by atoms with Crippen molar-refractivity contribution in [3.8, 4) is 0 Å². The fourth-order valence-electron chi connectivity index (χ4n) is 2.86. The molecule has 0 N–H and O–H groups in total. The molecule has 14 heavy (non-hydrogen) atoms. The summed E-state index contributed by atoms with van der Waals surface area (Å²) >= 11 is 0. The van der Waals surface area contributed by atoms with Crippen molar-refractivity contribution in [1.29, 1.82) is 0 Å². The molecule has 2 rings (SSSR count). The Kier molecular flexibility index (Phi) is 4.51. The Morgan fingerprint density at radius 2 is 1.29 bits per heavy atom. The summed E-state index contributed by atoms with van der Waals surface area (Å²) in [5.74, 6) is 0. The van der Waals surface area contributed by atoms with Gasteiger partial charge in [0.05, 0.1) is 0 Å². The Bertz CT molecular complexity index is 130. The molecular formula is C12H24OSi. The van der Waals surface area contributed by atoms with Gasteiger partial charge in [-0.3, -0.25) is 0 Å². The maximum absolute atomic E-state index is 6.16. The first-order valence-electron chi connectivity index (χ1n) is 6.57. The molecular weight excluding hydrogens is 188 g/mol. The van der Waals surface area contributed by atoms with E-state index in [1.165, 1.54) is 64.2 Å². The van der Waals surface area contributed by atoms with Crippen molar-refractivity contribution in [3.63, 3.8) is 0 Å². The van der Waals surface area contributed by atoms with E-state index in [4.69, 9.17) is 4.43 Å². The van der Waals surface area contributed by atoms with E-state index in [-0.39, 0.29) is 9.76 Å². The van der Waals surface area contributed by atoms with Gasteiger partial charge in [-0.1, -0.05) is 51.4 Å². The molecule has 82 valence electrons. The van der Waals surface area contributed by atoms with E-state index in [1.807, 2.05) is 0 Å². The molecule has 0 aromatic heterocycles. The van der Waals surface area contributed by atoms with Crippen LogP contribution in [0.1, 0.15) is 64.2 Å². The lowest BCUT2D eigenvalue weighted by Gasteiger charge is -2.26. The summed E-state index contributed by atoms with van der Waals surface area (Å²) in [5, 5.41) is 0. The third-order valence-electron chi connectivity index (χ3n) is 3.84. The van der Waals surface area contributed by atoms with Crippen molar-refractivity contribution >= 4 is 9.76 Å². The van der Waals surface area contributed by atoms with Crippen molar-refractivity contribution in [3.05, 3.63) is 0 Å². The van der Waals surface area contributed by atoms with Crippen LogP contribution < -0.4 is 0 Å². The van der Waals surface area contributed by atoms with Gasteiger partial charge in [0.25, 0.3) is 0 Å². The molecule has 2 aliphatic rings. The van der Waals surface area contributed by atoms with Crippen LogP contribution >= 0.6 is 0 Å². The highest BCUT2D eigenvalue weighted by Gasteiger charge is 2.18. The third-order valence-corrected chi connectivity index (χ3v) is 5.80. The molecule has 0 bridgehead atoms. The zero-order valence-electron chi connectivity index (χ0n) is 9.34. The Labute approximate surface area is 90.6 Å². The summed E-state index contributed by atoms with van der Waals surface area (Å²) < 4.78 is 6.16. The van der Waals surface area contributed by atoms with E-state index in [1.54, 1.807) is 0 Å². The van der Waals surface area contributed by atoms with E-state index in [0.717, 1.165) is 5.54 Å². The zero-order valence-corrected chi connectivity index (χ0v) is 10.8. The van der Waals surface area contributed by atoms with Crippen molar-refractivity contribution < 1.29 is 4.43 Å². The number of hydrogen-bond donors (Lipinski definition) is 0. The maximum Gasteiger partial charge on any atom is 0.165 e. The van der Waals surface area contributed by atoms with Gasteiger partial charge in [0.15, 0.2) is 9.76 Å². The predicted molar refractivity (Wildman–Crippen MR) is 63.3 cm³/mol. The maximum atomic E-state index is 6.16. The molecule has 0 unspecified atom stereocenters. The highest BCUT2D eigenvalue weighted by Crippen LogP contribution is 2.29. The first kappa shape index (κ1) is 10.7. The average Bonchev–Trinajstić information content (AvgIpc) is 2.29. The standard InChI is InChI=1S/C12H24OSi/c1-3-7-11(8-4-1)13-14-12-9-5-2-6-10-12/h11-12H,1-10,14H2. The average molecular weight is 212 g/mol. The molecule has 0 aliphatic heterocycles. The molecule has 2 heteroatoms. The van der Waals surface area contributed by atoms with Crippen LogP contribution in [0.25, 0.3) is 0 Å². The second-order valence-electron chi connectivity index (χ2n) is 5.10. The first-order chi connectivity index (χ1) is 6.95. The Morgan fingerprint density at radius 1 is 0.714 bits per heavy atom. The fraction of sp³-hybridized carbons (Fsp3) is 1.00. The summed E-state index contributed by atoms with van der Waals surface area (Å²) in [6, 6.07) is 0. The normalized spacial score (nSPS) is 27.4. The quantitative estimate of drug-likeness (QED) is 0.653. The molecule has 0 heterocycles. The van der Waals surface area contributed by atoms with Gasteiger partial charge in [-0.2, -0.15) is 0 Å². The lowest BCUT2D eigenvalue weighted by Crippen LogP contribution is -2.22. The van der Waals surface area contributed by atoms with Gasteiger partial charge in [-0.15, -0.1) is 0 Å². The lowest BCUT2D eigenvalue weighted by molar-refractivity contribution is 0.157. The topological polar surface area (TPSA) is 9.23 Å². The third kappa shape index (κ3) is 3.39. The van der Waals surface area contributed by atoms with E-state index in [9.17, 15) is 0 Å². The largest absolute Gasteiger partial charge is 0.421 e. The summed E-state index contributed by atoms with van der Waals surface area (Å²) in [4.78, 5) is 0. The minimum atomic E-state index is -0.179. The van der Waals surface area contributed by atoms with Gasteiger partial charge in [0.2, 0.25) is 0 Å². The van der Waals surface area contributed by atoms with Crippen LogP contribution in [-0.4, -0.2) is 15.9 Å². The summed E-state index contributed by atoms with van der Waals surface area (Å²) in [6.07, 6.45) is 15.1. The molecule has 0 saturated heterocycles. The van der Waals surface area contributed by atoms with Crippen LogP contribution in [0.3, 0.4) is 0 Å². The second-order valence-corrected chi connectivity index (χ2v) is 6.92. The molecule has 2 aliphatic carbocycles. The van der Waals surface area contributed by atoms with Crippen molar-refractivity contribution in [2.24, 2.45) is 0 Å². The van der Waals surface area contributed by atoms with Crippen LogP contribution in [0.4, 0.5) is 0 Å². The van der Waals surface area contributed by atoms with Gasteiger partial charge in [-0.25, -0.2) is 0 Å². The van der Waals surface area contributed by atoms with Crippen molar-refractivity contribution in [1.82, 2.24) is 0 Å². The van der Waals surface area contributed by atoms with E-state index in [2.05, 4.69) is 0 Å². The Morgan fingerprint density at radius 3 is 1.93 bits per heavy atom. The molecule has 2 saturated carbocycles. The molecule has 0 aromatic carbocycles. The molecule has 0 spiro atoms. The van der Waals surface area contributed by atoms with E-state index in [0.29, 0.717) is 6.10 Å². The first-order valence-corrected chi connectivity index (χ1v) is 7.96. The highest BCUT2D eigenvalue weighted by molar-refractivity contribution is 6.29. The lowest BCUT2D eigenvalue weighted by atomic mass is 9.98. The SMILES string of the molecule is C1CCC(O[SiH2]C2CCCCC2)CC1. The minimum Gasteiger partial charge on any atom is -0.421 e. The van der Waals surface area contributed by atoms with Gasteiger partial charge in [-0.05, 0) is 18.4 Å². The van der Waals surface area contributed by atoms with Crippen molar-refractivity contribution in [2.75, 3.05) is 0 Å². The van der Waals surface area contributed by atoms with Crippen LogP contribution in [0, 0.1) is 0 Å². The number of rotatable bonds is 3. The van der Waals surface area contributed by atoms with Crippen LogP contribution in [0.15, 0.2) is 0 Å². The Balaban J connectivity index is 1.60. The molecule has 2 fully saturated rings. The molecule has 0 aromatic rings. The monoisotopic (exact) mass is 212 g/mol. The zero-order chi connectivity index (χ0) is 9.64. The van der Waals surface area contributed by atoms with Gasteiger partial charge >= 0.3 is 0 Å². The molecule has 1 nitrogen and oxygen atoms in total. The smallest absolute Gasteiger partial charge is 0.165 e. The summed E-state index contributed by atoms with van der Waals surface area (Å²) in [6.45, 7) is 0. The number of hydrogen-bond acceptors (Lipinski definition) is 1. The predicted octanol–water partition coefficient (Wildman–Crippen LogP) is 3.17. The highest BCUT2D eigenvalue weighted by atomic mass is 28.2. The minimum absolute atomic E-state index is 0.179. The fourth-order valence-corrected chi connectivity index (χ4v) is 4.65. The van der Waals surface area contributed by atoms with Gasteiger partial charge in [0.1, 0.15) is 0 Å². The summed E-state index contributed by atoms with van der Waals surface area (Å²) in [7, 11) is -0.179. The molecule has 0 radical (unpaired) electrons. The van der Waals surface area contributed by atoms with Crippen LogP contribution in [-0.2, 0) is 4.43 Å². The molecule has 0 atom stereocenters. The van der Waals surface area contributed by atoms with Crippen LogP contribution in [0.2, 0.25) is 5.54 Å². The van der Waals surface area contributed by atoms with Gasteiger partial charge in [0, 0.05) is 6.10 Å². The Hall–Kier alpha value is 0.177. The van der Waals surface area contributed by atoms with E-state index >= 15 is 0 Å². The van der Waals surface area contributed by atoms with Crippen molar-refractivity contribution in [2.45, 2.75) is 75.9 Å². The van der Waals surface area contributed by atoms with E-state index < -0.39 is 0 Å². The molecule has 0 amide bonds. The van der Waals surface area contributed by atoms with Crippen LogP contribution in [0.5, 0.6) is 0 Å². The second kappa shape index (κ2) is 5.91. The van der Waals surface area contributed by atoms with Gasteiger partial charge < -0.3 is 4.43 Å². The summed E-state index contributed by atoms with van der Waals surface area (Å²) in [5.41, 5.74) is 1.03.